The molecule has 0 saturated carbocycles. The standard InChI is InChI=1S/C14H19BrN2S/c1-9-5-11(15)6-10(2)12(9)17-13-16-7-14(3,4)8-18-13/h5-6H,7-8H2,1-4H3,(H,16,17). The molecule has 0 saturated heterocycles. The number of hydrogen-bond acceptors (Lipinski definition) is 3. The van der Waals surface area contributed by atoms with Gasteiger partial charge in [0.25, 0.3) is 0 Å². The SMILES string of the molecule is Cc1cc(Br)cc(C)c1NC1=NCC(C)(C)CS1. The van der Waals surface area contributed by atoms with Crippen molar-refractivity contribution in [1.29, 1.82) is 0 Å². The lowest BCUT2D eigenvalue weighted by Gasteiger charge is -2.27. The van der Waals surface area contributed by atoms with Crippen LogP contribution in [0.4, 0.5) is 5.69 Å². The Morgan fingerprint density at radius 3 is 2.39 bits per heavy atom. The summed E-state index contributed by atoms with van der Waals surface area (Å²) >= 11 is 5.34. The molecular weight excluding hydrogens is 308 g/mol. The molecule has 1 heterocycles. The summed E-state index contributed by atoms with van der Waals surface area (Å²) in [5, 5.41) is 4.52. The third kappa shape index (κ3) is 3.29. The molecule has 1 aromatic rings. The molecule has 1 aromatic carbocycles. The molecule has 0 spiro atoms. The van der Waals surface area contributed by atoms with Gasteiger partial charge >= 0.3 is 0 Å². The molecule has 4 heteroatoms. The van der Waals surface area contributed by atoms with Crippen LogP contribution < -0.4 is 5.32 Å². The van der Waals surface area contributed by atoms with E-state index in [2.05, 4.69) is 66.1 Å². The average Bonchev–Trinajstić information content (AvgIpc) is 2.25. The van der Waals surface area contributed by atoms with Gasteiger partial charge in [0.15, 0.2) is 5.17 Å². The molecule has 0 bridgehead atoms. The van der Waals surface area contributed by atoms with Crippen LogP contribution in [0.15, 0.2) is 21.6 Å². The molecule has 0 radical (unpaired) electrons. The highest BCUT2D eigenvalue weighted by molar-refractivity contribution is 9.10. The summed E-state index contributed by atoms with van der Waals surface area (Å²) in [6.07, 6.45) is 0. The zero-order chi connectivity index (χ0) is 13.3. The van der Waals surface area contributed by atoms with Gasteiger partial charge in [0, 0.05) is 22.5 Å². The minimum Gasteiger partial charge on any atom is -0.335 e. The number of nitrogens with zero attached hydrogens (tertiary/aromatic N) is 1. The predicted molar refractivity (Wildman–Crippen MR) is 85.8 cm³/mol. The van der Waals surface area contributed by atoms with E-state index in [1.165, 1.54) is 16.8 Å². The Morgan fingerprint density at radius 2 is 1.89 bits per heavy atom. The van der Waals surface area contributed by atoms with E-state index in [1.54, 1.807) is 0 Å². The molecule has 0 atom stereocenters. The summed E-state index contributed by atoms with van der Waals surface area (Å²) in [6, 6.07) is 4.26. The first-order chi connectivity index (χ1) is 8.37. The summed E-state index contributed by atoms with van der Waals surface area (Å²) in [5.41, 5.74) is 3.99. The highest BCUT2D eigenvalue weighted by atomic mass is 79.9. The largest absolute Gasteiger partial charge is 0.335 e. The Bertz CT molecular complexity index is 472. The summed E-state index contributed by atoms with van der Waals surface area (Å²) in [5.74, 6) is 1.12. The molecule has 18 heavy (non-hydrogen) atoms. The molecule has 0 amide bonds. The molecular formula is C14H19BrN2S. The molecule has 0 aliphatic carbocycles. The second-order valence-electron chi connectivity index (χ2n) is 5.61. The zero-order valence-corrected chi connectivity index (χ0v) is 13.7. The summed E-state index contributed by atoms with van der Waals surface area (Å²) in [4.78, 5) is 4.64. The van der Waals surface area contributed by atoms with Crippen LogP contribution in [0.3, 0.4) is 0 Å². The minimum atomic E-state index is 0.319. The molecule has 0 unspecified atom stereocenters. The number of aliphatic imine (C=N–C) groups is 1. The van der Waals surface area contributed by atoms with Crippen molar-refractivity contribution in [3.63, 3.8) is 0 Å². The Balaban J connectivity index is 2.18. The van der Waals surface area contributed by atoms with Gasteiger partial charge in [-0.05, 0) is 42.5 Å². The van der Waals surface area contributed by atoms with Crippen LogP contribution >= 0.6 is 27.7 Å². The molecule has 1 aliphatic rings. The van der Waals surface area contributed by atoms with E-state index in [0.717, 1.165) is 21.9 Å². The van der Waals surface area contributed by atoms with Gasteiger partial charge in [-0.25, -0.2) is 0 Å². The van der Waals surface area contributed by atoms with Gasteiger partial charge in [-0.3, -0.25) is 4.99 Å². The second-order valence-corrected chi connectivity index (χ2v) is 7.49. The van der Waals surface area contributed by atoms with Crippen molar-refractivity contribution in [2.45, 2.75) is 27.7 Å². The van der Waals surface area contributed by atoms with Crippen molar-refractivity contribution >= 4 is 38.5 Å². The van der Waals surface area contributed by atoms with Crippen LogP contribution in [0.1, 0.15) is 25.0 Å². The van der Waals surface area contributed by atoms with Crippen molar-refractivity contribution in [1.82, 2.24) is 0 Å². The fourth-order valence-electron chi connectivity index (χ4n) is 1.93. The second kappa shape index (κ2) is 5.25. The maximum atomic E-state index is 4.64. The molecule has 1 N–H and O–H groups in total. The van der Waals surface area contributed by atoms with Gasteiger partial charge in [0.2, 0.25) is 0 Å². The Hall–Kier alpha value is -0.480. The van der Waals surface area contributed by atoms with Gasteiger partial charge in [-0.15, -0.1) is 0 Å². The van der Waals surface area contributed by atoms with Crippen molar-refractivity contribution in [3.8, 4) is 0 Å². The smallest absolute Gasteiger partial charge is 0.161 e. The van der Waals surface area contributed by atoms with Crippen molar-refractivity contribution in [3.05, 3.63) is 27.7 Å². The van der Waals surface area contributed by atoms with Crippen LogP contribution in [0, 0.1) is 19.3 Å². The van der Waals surface area contributed by atoms with Gasteiger partial charge < -0.3 is 5.32 Å². The lowest BCUT2D eigenvalue weighted by Crippen LogP contribution is -2.27. The maximum absolute atomic E-state index is 4.64. The first kappa shape index (κ1) is 13.9. The highest BCUT2D eigenvalue weighted by Crippen LogP contribution is 2.31. The van der Waals surface area contributed by atoms with E-state index >= 15 is 0 Å². The molecule has 2 rings (SSSR count). The quantitative estimate of drug-likeness (QED) is 0.815. The van der Waals surface area contributed by atoms with E-state index in [0.29, 0.717) is 5.41 Å². The van der Waals surface area contributed by atoms with Crippen LogP contribution in [0.5, 0.6) is 0 Å². The van der Waals surface area contributed by atoms with E-state index in [-0.39, 0.29) is 0 Å². The van der Waals surface area contributed by atoms with E-state index < -0.39 is 0 Å². The topological polar surface area (TPSA) is 24.4 Å². The first-order valence-corrected chi connectivity index (χ1v) is 7.86. The Morgan fingerprint density at radius 1 is 1.28 bits per heavy atom. The molecule has 1 aliphatic heterocycles. The van der Waals surface area contributed by atoms with Crippen molar-refractivity contribution in [2.24, 2.45) is 10.4 Å². The summed E-state index contributed by atoms with van der Waals surface area (Å²) < 4.78 is 1.13. The fourth-order valence-corrected chi connectivity index (χ4v) is 3.57. The number of aryl methyl sites for hydroxylation is 2. The number of rotatable bonds is 1. The summed E-state index contributed by atoms with van der Waals surface area (Å²) in [7, 11) is 0. The number of anilines is 1. The van der Waals surface area contributed by atoms with Crippen LogP contribution in [-0.2, 0) is 0 Å². The molecule has 0 fully saturated rings. The Kier molecular flexibility index (Phi) is 4.07. The van der Waals surface area contributed by atoms with Gasteiger partial charge in [-0.2, -0.15) is 0 Å². The van der Waals surface area contributed by atoms with E-state index in [4.69, 9.17) is 0 Å². The third-order valence-corrected chi connectivity index (χ3v) is 4.87. The van der Waals surface area contributed by atoms with E-state index in [1.807, 2.05) is 11.8 Å². The summed E-state index contributed by atoms with van der Waals surface area (Å²) in [6.45, 7) is 9.67. The fraction of sp³-hybridized carbons (Fsp3) is 0.500. The lowest BCUT2D eigenvalue weighted by atomic mass is 9.97. The van der Waals surface area contributed by atoms with Crippen LogP contribution in [0.2, 0.25) is 0 Å². The molecule has 0 aromatic heterocycles. The van der Waals surface area contributed by atoms with Gasteiger partial charge in [0.05, 0.1) is 0 Å². The highest BCUT2D eigenvalue weighted by Gasteiger charge is 2.23. The lowest BCUT2D eigenvalue weighted by molar-refractivity contribution is 0.438. The zero-order valence-electron chi connectivity index (χ0n) is 11.3. The molecule has 98 valence electrons. The van der Waals surface area contributed by atoms with Crippen molar-refractivity contribution < 1.29 is 0 Å². The maximum Gasteiger partial charge on any atom is 0.161 e. The normalized spacial score (nSPS) is 18.4. The minimum absolute atomic E-state index is 0.319. The van der Waals surface area contributed by atoms with Crippen LogP contribution in [-0.4, -0.2) is 17.5 Å². The Labute approximate surface area is 122 Å². The predicted octanol–water partition coefficient (Wildman–Crippen LogP) is 4.61. The van der Waals surface area contributed by atoms with Crippen molar-refractivity contribution in [2.75, 3.05) is 17.6 Å². The van der Waals surface area contributed by atoms with Gasteiger partial charge in [-0.1, -0.05) is 41.5 Å². The number of nitrogens with one attached hydrogen (secondary N) is 1. The number of halogens is 1. The number of amidine groups is 1. The number of benzene rings is 1. The van der Waals surface area contributed by atoms with Crippen LogP contribution in [0.25, 0.3) is 0 Å². The van der Waals surface area contributed by atoms with Gasteiger partial charge in [0.1, 0.15) is 0 Å². The number of hydrogen-bond donors (Lipinski definition) is 1. The van der Waals surface area contributed by atoms with E-state index in [9.17, 15) is 0 Å². The number of thioether (sulfide) groups is 1. The average molecular weight is 327 g/mol. The first-order valence-electron chi connectivity index (χ1n) is 6.08. The third-order valence-electron chi connectivity index (χ3n) is 2.98. The monoisotopic (exact) mass is 326 g/mol. The molecule has 2 nitrogen and oxygen atoms in total.